The van der Waals surface area contributed by atoms with Crippen molar-refractivity contribution in [1.29, 1.82) is 0 Å². The number of ether oxygens (including phenoxy) is 4. The van der Waals surface area contributed by atoms with E-state index in [9.17, 15) is 4.79 Å². The molecule has 0 aliphatic carbocycles. The molecule has 11 nitrogen and oxygen atoms in total. The lowest BCUT2D eigenvalue weighted by molar-refractivity contribution is -0.113. The molecule has 1 aliphatic rings. The third-order valence-corrected chi connectivity index (χ3v) is 6.37. The van der Waals surface area contributed by atoms with Crippen LogP contribution in [0.3, 0.4) is 0 Å². The summed E-state index contributed by atoms with van der Waals surface area (Å²) in [5, 5.41) is 11.0. The normalized spacial score (nSPS) is 14.2. The fourth-order valence-electron chi connectivity index (χ4n) is 4.51. The highest BCUT2D eigenvalue weighted by atomic mass is 16.5. The smallest absolute Gasteiger partial charge is 0.255 e. The summed E-state index contributed by atoms with van der Waals surface area (Å²) < 4.78 is 23.7. The van der Waals surface area contributed by atoms with Crippen LogP contribution in [0, 0.1) is 0 Å². The number of carbonyl (C=O) groups is 1. The third-order valence-electron chi connectivity index (χ3n) is 6.37. The molecule has 0 radical (unpaired) electrons. The van der Waals surface area contributed by atoms with E-state index >= 15 is 0 Å². The minimum atomic E-state index is -0.675. The number of carbonyl (C=O) groups excluding carboxylic acids is 1. The molecule has 0 bridgehead atoms. The second-order valence-corrected chi connectivity index (χ2v) is 8.65. The summed E-state index contributed by atoms with van der Waals surface area (Å²) in [5.74, 6) is 2.72. The standard InChI is InChI=1S/C28H28N6O5/c1-16-23(27(35)31-19-7-6-12-29-15-19)24(18-13-21(37-3)25(39-5)22(14-18)38-4)34-28(30-16)32-26(33-34)17-8-10-20(36-2)11-9-17/h6-15,24H,1-5H3,(H,31,35)(H,30,32,33). The molecule has 3 heterocycles. The van der Waals surface area contributed by atoms with Crippen molar-refractivity contribution >= 4 is 17.5 Å². The van der Waals surface area contributed by atoms with Gasteiger partial charge in [0.1, 0.15) is 11.8 Å². The van der Waals surface area contributed by atoms with Crippen LogP contribution < -0.4 is 29.6 Å². The van der Waals surface area contributed by atoms with Gasteiger partial charge in [0.2, 0.25) is 11.7 Å². The van der Waals surface area contributed by atoms with Gasteiger partial charge in [0, 0.05) is 17.5 Å². The van der Waals surface area contributed by atoms with Crippen molar-refractivity contribution in [2.75, 3.05) is 39.1 Å². The minimum Gasteiger partial charge on any atom is -0.497 e. The van der Waals surface area contributed by atoms with Gasteiger partial charge in [0.05, 0.1) is 45.9 Å². The van der Waals surface area contributed by atoms with E-state index in [2.05, 4.69) is 15.6 Å². The summed E-state index contributed by atoms with van der Waals surface area (Å²) in [7, 11) is 6.24. The van der Waals surface area contributed by atoms with E-state index in [0.717, 1.165) is 11.3 Å². The number of anilines is 2. The number of aromatic nitrogens is 4. The number of rotatable bonds is 8. The van der Waals surface area contributed by atoms with Crippen molar-refractivity contribution in [2.24, 2.45) is 0 Å². The molecule has 0 saturated heterocycles. The maximum atomic E-state index is 13.8. The van der Waals surface area contributed by atoms with Crippen molar-refractivity contribution < 1.29 is 23.7 Å². The monoisotopic (exact) mass is 528 g/mol. The molecule has 2 aromatic carbocycles. The molecule has 200 valence electrons. The molecule has 2 N–H and O–H groups in total. The number of hydrogen-bond acceptors (Lipinski definition) is 9. The van der Waals surface area contributed by atoms with E-state index in [1.165, 1.54) is 7.11 Å². The molecule has 39 heavy (non-hydrogen) atoms. The zero-order chi connectivity index (χ0) is 27.5. The lowest BCUT2D eigenvalue weighted by atomic mass is 9.94. The van der Waals surface area contributed by atoms with Crippen molar-refractivity contribution in [3.8, 4) is 34.4 Å². The molecule has 1 atom stereocenters. The first-order chi connectivity index (χ1) is 19.0. The van der Waals surface area contributed by atoms with Gasteiger partial charge >= 0.3 is 0 Å². The summed E-state index contributed by atoms with van der Waals surface area (Å²) in [5.41, 5.74) is 3.11. The molecule has 0 saturated carbocycles. The van der Waals surface area contributed by atoms with Gasteiger partial charge in [-0.05, 0) is 61.0 Å². The van der Waals surface area contributed by atoms with Gasteiger partial charge < -0.3 is 29.6 Å². The Balaban J connectivity index is 1.66. The topological polar surface area (TPSA) is 122 Å². The van der Waals surface area contributed by atoms with Gasteiger partial charge in [-0.3, -0.25) is 9.78 Å². The highest BCUT2D eigenvalue weighted by Crippen LogP contribution is 2.44. The van der Waals surface area contributed by atoms with E-state index in [1.807, 2.05) is 31.2 Å². The molecule has 5 rings (SSSR count). The molecule has 1 amide bonds. The number of methoxy groups -OCH3 is 4. The zero-order valence-electron chi connectivity index (χ0n) is 22.2. The van der Waals surface area contributed by atoms with E-state index in [1.54, 1.807) is 62.7 Å². The Morgan fingerprint density at radius 1 is 0.974 bits per heavy atom. The van der Waals surface area contributed by atoms with E-state index in [-0.39, 0.29) is 5.91 Å². The lowest BCUT2D eigenvalue weighted by Gasteiger charge is -2.29. The SMILES string of the molecule is COc1ccc(-c2nc3n(n2)C(c2cc(OC)c(OC)c(OC)c2)C(C(=O)Nc2cccnc2)=C(C)N3)cc1. The number of nitrogens with zero attached hydrogens (tertiary/aromatic N) is 4. The number of amides is 1. The van der Waals surface area contributed by atoms with Gasteiger partial charge in [0.25, 0.3) is 5.91 Å². The maximum absolute atomic E-state index is 13.8. The second-order valence-electron chi connectivity index (χ2n) is 8.65. The van der Waals surface area contributed by atoms with Crippen LogP contribution >= 0.6 is 0 Å². The molecule has 11 heteroatoms. The van der Waals surface area contributed by atoms with Gasteiger partial charge in [-0.2, -0.15) is 4.98 Å². The van der Waals surface area contributed by atoms with Gasteiger partial charge in [-0.15, -0.1) is 5.10 Å². The van der Waals surface area contributed by atoms with Gasteiger partial charge in [0.15, 0.2) is 17.3 Å². The Morgan fingerprint density at radius 3 is 2.28 bits per heavy atom. The number of fused-ring (bicyclic) bond motifs is 1. The van der Waals surface area contributed by atoms with E-state index < -0.39 is 6.04 Å². The molecule has 1 aliphatic heterocycles. The molecule has 0 fully saturated rings. The number of benzene rings is 2. The Kier molecular flexibility index (Phi) is 7.04. The van der Waals surface area contributed by atoms with Crippen molar-refractivity contribution in [3.63, 3.8) is 0 Å². The third kappa shape index (κ3) is 4.81. The molecule has 4 aromatic rings. The average molecular weight is 529 g/mol. The van der Waals surface area contributed by atoms with Crippen LogP contribution in [0.15, 0.2) is 72.2 Å². The summed E-state index contributed by atoms with van der Waals surface area (Å²) in [6, 6.07) is 13.9. The van der Waals surface area contributed by atoms with Crippen LogP contribution in [-0.4, -0.2) is 54.1 Å². The summed E-state index contributed by atoms with van der Waals surface area (Å²) in [6.07, 6.45) is 3.23. The minimum absolute atomic E-state index is 0.320. The first-order valence-corrected chi connectivity index (χ1v) is 12.1. The van der Waals surface area contributed by atoms with Crippen LogP contribution in [0.25, 0.3) is 11.4 Å². The predicted octanol–water partition coefficient (Wildman–Crippen LogP) is 4.30. The van der Waals surface area contributed by atoms with Crippen molar-refractivity contribution in [1.82, 2.24) is 19.7 Å². The number of hydrogen-bond donors (Lipinski definition) is 2. The van der Waals surface area contributed by atoms with Crippen LogP contribution in [-0.2, 0) is 4.79 Å². The summed E-state index contributed by atoms with van der Waals surface area (Å²) in [6.45, 7) is 1.83. The number of pyridine rings is 1. The van der Waals surface area contributed by atoms with Crippen LogP contribution in [0.4, 0.5) is 11.6 Å². The van der Waals surface area contributed by atoms with E-state index in [4.69, 9.17) is 29.0 Å². The fourth-order valence-corrected chi connectivity index (χ4v) is 4.51. The fraction of sp³-hybridized carbons (Fsp3) is 0.214. The van der Waals surface area contributed by atoms with Gasteiger partial charge in [-0.25, -0.2) is 4.68 Å². The number of nitrogens with one attached hydrogen (secondary N) is 2. The van der Waals surface area contributed by atoms with Crippen LogP contribution in [0.5, 0.6) is 23.0 Å². The molecule has 1 unspecified atom stereocenters. The Morgan fingerprint density at radius 2 is 1.69 bits per heavy atom. The zero-order valence-corrected chi connectivity index (χ0v) is 22.2. The van der Waals surface area contributed by atoms with E-state index in [0.29, 0.717) is 51.5 Å². The van der Waals surface area contributed by atoms with Crippen LogP contribution in [0.1, 0.15) is 18.5 Å². The summed E-state index contributed by atoms with van der Waals surface area (Å²) in [4.78, 5) is 22.6. The highest BCUT2D eigenvalue weighted by molar-refractivity contribution is 6.06. The number of allylic oxidation sites excluding steroid dienone is 1. The van der Waals surface area contributed by atoms with Gasteiger partial charge in [-0.1, -0.05) is 0 Å². The predicted molar refractivity (Wildman–Crippen MR) is 145 cm³/mol. The lowest BCUT2D eigenvalue weighted by Crippen LogP contribution is -2.31. The first-order valence-electron chi connectivity index (χ1n) is 12.1. The first kappa shape index (κ1) is 25.6. The Bertz CT molecular complexity index is 1510. The molecular formula is C28H28N6O5. The van der Waals surface area contributed by atoms with Crippen LogP contribution in [0.2, 0.25) is 0 Å². The van der Waals surface area contributed by atoms with Crippen molar-refractivity contribution in [2.45, 2.75) is 13.0 Å². The largest absolute Gasteiger partial charge is 0.497 e. The summed E-state index contributed by atoms with van der Waals surface area (Å²) >= 11 is 0. The van der Waals surface area contributed by atoms with Crippen molar-refractivity contribution in [3.05, 3.63) is 77.8 Å². The Hall–Kier alpha value is -5.06. The average Bonchev–Trinajstić information content (AvgIpc) is 3.39. The molecular weight excluding hydrogens is 500 g/mol. The Labute approximate surface area is 225 Å². The molecule has 0 spiro atoms. The quantitative estimate of drug-likeness (QED) is 0.345. The molecule has 2 aromatic heterocycles. The highest BCUT2D eigenvalue weighted by Gasteiger charge is 2.36. The second kappa shape index (κ2) is 10.7. The maximum Gasteiger partial charge on any atom is 0.255 e.